The molecule has 0 aliphatic rings. The third kappa shape index (κ3) is 3.81. The molecular formula is C20H29GeN. The first kappa shape index (κ1) is 14.5. The molecule has 1 heterocycles. The summed E-state index contributed by atoms with van der Waals surface area (Å²) < 4.78 is 18.0. The fourth-order valence-corrected chi connectivity index (χ4v) is 5.92. The number of hydrogen-bond donors (Lipinski definition) is 0. The maximum atomic E-state index is 8.55. The zero-order valence-corrected chi connectivity index (χ0v) is 17.0. The van der Waals surface area contributed by atoms with Gasteiger partial charge in [0.15, 0.2) is 0 Å². The van der Waals surface area contributed by atoms with Crippen molar-refractivity contribution in [3.8, 4) is 11.3 Å². The summed E-state index contributed by atoms with van der Waals surface area (Å²) in [6.07, 6.45) is 2.00. The van der Waals surface area contributed by atoms with Crippen LogP contribution in [0.4, 0.5) is 0 Å². The van der Waals surface area contributed by atoms with Crippen molar-refractivity contribution in [3.63, 3.8) is 0 Å². The molecule has 0 fully saturated rings. The van der Waals surface area contributed by atoms with Crippen LogP contribution in [0.2, 0.25) is 17.3 Å². The van der Waals surface area contributed by atoms with Crippen molar-refractivity contribution in [1.82, 2.24) is 4.98 Å². The first-order valence-electron chi connectivity index (χ1n) is 8.92. The third-order valence-electron chi connectivity index (χ3n) is 4.01. The number of benzene rings is 1. The Bertz CT molecular complexity index is 717. The van der Waals surface area contributed by atoms with Crippen molar-refractivity contribution >= 4 is 17.7 Å². The SMILES string of the molecule is [2H]C(C)(C)c1ccc(-c2cc(C([2H])(C)C)[c]([Ge]([CH3])([CH3])[CH3])cn2)cc1. The van der Waals surface area contributed by atoms with Crippen LogP contribution in [0.25, 0.3) is 11.3 Å². The van der Waals surface area contributed by atoms with Gasteiger partial charge in [-0.15, -0.1) is 0 Å². The van der Waals surface area contributed by atoms with Crippen molar-refractivity contribution < 1.29 is 2.74 Å². The third-order valence-corrected chi connectivity index (χ3v) is 8.24. The summed E-state index contributed by atoms with van der Waals surface area (Å²) >= 11 is -2.08. The second-order valence-corrected chi connectivity index (χ2v) is 18.0. The fourth-order valence-electron chi connectivity index (χ4n) is 2.60. The summed E-state index contributed by atoms with van der Waals surface area (Å²) in [5, 5.41) is 0. The van der Waals surface area contributed by atoms with E-state index >= 15 is 0 Å². The van der Waals surface area contributed by atoms with E-state index < -0.39 is 25.1 Å². The zero-order chi connectivity index (χ0) is 18.3. The van der Waals surface area contributed by atoms with Crippen LogP contribution in [-0.4, -0.2) is 18.3 Å². The molecule has 0 aliphatic carbocycles. The predicted octanol–water partition coefficient (Wildman–Crippen LogP) is 5.54. The summed E-state index contributed by atoms with van der Waals surface area (Å²) in [4.78, 5) is 4.70. The normalized spacial score (nSPS) is 14.5. The number of rotatable bonds is 4. The van der Waals surface area contributed by atoms with Crippen molar-refractivity contribution in [2.75, 3.05) is 0 Å². The van der Waals surface area contributed by atoms with Gasteiger partial charge in [-0.1, -0.05) is 0 Å². The van der Waals surface area contributed by atoms with E-state index in [1.54, 1.807) is 0 Å². The average Bonchev–Trinajstić information content (AvgIpc) is 2.44. The van der Waals surface area contributed by atoms with Crippen LogP contribution in [-0.2, 0) is 0 Å². The van der Waals surface area contributed by atoms with Crippen LogP contribution < -0.4 is 4.40 Å². The van der Waals surface area contributed by atoms with Crippen LogP contribution in [0.3, 0.4) is 0 Å². The Morgan fingerprint density at radius 3 is 2.00 bits per heavy atom. The van der Waals surface area contributed by atoms with Gasteiger partial charge < -0.3 is 0 Å². The molecule has 2 heteroatoms. The Morgan fingerprint density at radius 1 is 0.955 bits per heavy atom. The van der Waals surface area contributed by atoms with E-state index in [0.29, 0.717) is 0 Å². The van der Waals surface area contributed by atoms with Gasteiger partial charge in [0, 0.05) is 0 Å². The second-order valence-electron chi connectivity index (χ2n) is 7.44. The minimum absolute atomic E-state index is 0.593. The van der Waals surface area contributed by atoms with E-state index in [-0.39, 0.29) is 0 Å². The molecule has 0 bridgehead atoms. The molecule has 0 atom stereocenters. The Labute approximate surface area is 141 Å². The molecule has 2 aromatic rings. The van der Waals surface area contributed by atoms with Crippen LogP contribution in [0.15, 0.2) is 36.5 Å². The Kier molecular flexibility index (Phi) is 4.33. The van der Waals surface area contributed by atoms with Crippen molar-refractivity contribution in [1.29, 1.82) is 0 Å². The summed E-state index contributed by atoms with van der Waals surface area (Å²) in [6, 6.07) is 10.2. The zero-order valence-electron chi connectivity index (χ0n) is 16.9. The van der Waals surface area contributed by atoms with Crippen molar-refractivity contribution in [3.05, 3.63) is 47.7 Å². The van der Waals surface area contributed by atoms with E-state index in [9.17, 15) is 0 Å². The molecule has 118 valence electrons. The second kappa shape index (κ2) is 6.58. The van der Waals surface area contributed by atoms with E-state index in [4.69, 9.17) is 7.73 Å². The number of nitrogens with zero attached hydrogens (tertiary/aromatic N) is 1. The van der Waals surface area contributed by atoms with Gasteiger partial charge in [-0.25, -0.2) is 0 Å². The van der Waals surface area contributed by atoms with E-state index in [0.717, 1.165) is 22.4 Å². The molecule has 0 saturated carbocycles. The molecule has 0 N–H and O–H groups in total. The molecule has 0 unspecified atom stereocenters. The van der Waals surface area contributed by atoms with Gasteiger partial charge >= 0.3 is 141 Å². The fraction of sp³-hybridized carbons (Fsp3) is 0.450. The molecule has 1 nitrogen and oxygen atoms in total. The standard InChI is InChI=1S/C20H29GeN/c1-14(2)16-8-10-17(11-9-16)20-12-18(15(3)4)19(13-22-20)21(5,6)7/h8-15H,1-7H3/i14D,15D. The van der Waals surface area contributed by atoms with Gasteiger partial charge in [0.25, 0.3) is 0 Å². The van der Waals surface area contributed by atoms with Crippen LogP contribution >= 0.6 is 0 Å². The van der Waals surface area contributed by atoms with Crippen LogP contribution in [0, 0.1) is 0 Å². The van der Waals surface area contributed by atoms with E-state index in [1.165, 1.54) is 4.40 Å². The summed E-state index contributed by atoms with van der Waals surface area (Å²) in [5.41, 5.74) is 4.05. The van der Waals surface area contributed by atoms with Crippen LogP contribution in [0.5, 0.6) is 0 Å². The van der Waals surface area contributed by atoms with Gasteiger partial charge in [-0.3, -0.25) is 0 Å². The molecule has 0 radical (unpaired) electrons. The molecular weight excluding hydrogens is 327 g/mol. The molecule has 2 rings (SSSR count). The summed E-state index contributed by atoms with van der Waals surface area (Å²) in [7, 11) is 0. The number of pyridine rings is 1. The molecule has 0 saturated heterocycles. The molecule has 1 aromatic heterocycles. The number of aromatic nitrogens is 1. The molecule has 22 heavy (non-hydrogen) atoms. The van der Waals surface area contributed by atoms with E-state index in [1.807, 2.05) is 58.2 Å². The molecule has 0 amide bonds. The number of hydrogen-bond acceptors (Lipinski definition) is 1. The van der Waals surface area contributed by atoms with Crippen molar-refractivity contribution in [2.45, 2.75) is 56.8 Å². The Hall–Kier alpha value is -1.09. The quantitative estimate of drug-likeness (QED) is 0.654. The summed E-state index contributed by atoms with van der Waals surface area (Å²) in [5.74, 6) is 5.81. The first-order valence-corrected chi connectivity index (χ1v) is 15.3. The molecule has 0 aliphatic heterocycles. The summed E-state index contributed by atoms with van der Waals surface area (Å²) in [6.45, 7) is 7.70. The van der Waals surface area contributed by atoms with E-state index in [2.05, 4.69) is 23.3 Å². The first-order chi connectivity index (χ1) is 10.8. The van der Waals surface area contributed by atoms with Gasteiger partial charge in [0.05, 0.1) is 0 Å². The van der Waals surface area contributed by atoms with Gasteiger partial charge in [0.2, 0.25) is 0 Å². The van der Waals surface area contributed by atoms with Crippen LogP contribution in [0.1, 0.15) is 53.4 Å². The maximum absolute atomic E-state index is 8.55. The van der Waals surface area contributed by atoms with Crippen molar-refractivity contribution in [2.24, 2.45) is 0 Å². The van der Waals surface area contributed by atoms with Gasteiger partial charge in [-0.05, 0) is 0 Å². The van der Waals surface area contributed by atoms with Gasteiger partial charge in [0.1, 0.15) is 0 Å². The van der Waals surface area contributed by atoms with Gasteiger partial charge in [-0.2, -0.15) is 0 Å². The minimum atomic E-state index is -2.08. The Morgan fingerprint density at radius 2 is 1.55 bits per heavy atom. The average molecular weight is 358 g/mol. The predicted molar refractivity (Wildman–Crippen MR) is 101 cm³/mol. The topological polar surface area (TPSA) is 12.9 Å². The Balaban J connectivity index is 2.53. The molecule has 1 aromatic carbocycles. The molecule has 0 spiro atoms. The monoisotopic (exact) mass is 359 g/mol.